The fourth-order valence-corrected chi connectivity index (χ4v) is 20.4. The van der Waals surface area contributed by atoms with Crippen molar-refractivity contribution in [2.24, 2.45) is 0 Å². The normalized spacial score (nSPS) is 12.3. The van der Waals surface area contributed by atoms with Crippen LogP contribution in [0.25, 0.3) is 252 Å². The van der Waals surface area contributed by atoms with Crippen LogP contribution < -0.4 is 0 Å². The van der Waals surface area contributed by atoms with Crippen LogP contribution in [0.4, 0.5) is 0 Å². The third kappa shape index (κ3) is 8.80. The Morgan fingerprint density at radius 3 is 0.882 bits per heavy atom. The van der Waals surface area contributed by atoms with E-state index in [1.165, 1.54) is 208 Å². The summed E-state index contributed by atoms with van der Waals surface area (Å²) < 4.78 is 0. The van der Waals surface area contributed by atoms with Crippen LogP contribution in [0.3, 0.4) is 0 Å². The van der Waals surface area contributed by atoms with E-state index in [-0.39, 0.29) is 0 Å². The summed E-state index contributed by atoms with van der Waals surface area (Å²) in [5, 5.41) is 30.6. The molecule has 0 saturated carbocycles. The molecule has 0 bridgehead atoms. The van der Waals surface area contributed by atoms with Gasteiger partial charge in [0, 0.05) is 21.2 Å². The van der Waals surface area contributed by atoms with Crippen LogP contribution in [-0.4, -0.2) is 0 Å². The second-order valence-electron chi connectivity index (χ2n) is 30.1. The van der Waals surface area contributed by atoms with Crippen molar-refractivity contribution in [2.45, 2.75) is 0 Å². The van der Waals surface area contributed by atoms with Gasteiger partial charge in [-0.2, -0.15) is 0 Å². The molecule has 2 heteroatoms. The lowest BCUT2D eigenvalue weighted by Crippen LogP contribution is -1.95. The van der Waals surface area contributed by atoms with E-state index in [1.54, 1.807) is 0 Å². The lowest BCUT2D eigenvalue weighted by atomic mass is 9.80. The van der Waals surface area contributed by atoms with E-state index in [1.807, 2.05) is 0 Å². The van der Waals surface area contributed by atoms with E-state index < -0.39 is 0 Å². The van der Waals surface area contributed by atoms with Gasteiger partial charge in [0.25, 0.3) is 0 Å². The zero-order chi connectivity index (χ0) is 72.1. The fraction of sp³-hybridized carbons (Fsp3) is 0. The van der Waals surface area contributed by atoms with E-state index in [9.17, 15) is 0 Å². The smallest absolute Gasteiger partial charge is 0.0491 e. The Morgan fingerprint density at radius 2 is 0.427 bits per heavy atom. The first-order chi connectivity index (χ1) is 54.4. The van der Waals surface area contributed by atoms with Gasteiger partial charge in [-0.05, 0) is 277 Å². The first-order valence-corrected chi connectivity index (χ1v) is 38.7. The molecule has 110 heavy (non-hydrogen) atoms. The predicted octanol–water partition coefficient (Wildman–Crippen LogP) is 31.8. The van der Waals surface area contributed by atoms with Gasteiger partial charge in [-0.25, -0.2) is 0 Å². The molecule has 0 atom stereocenters. The summed E-state index contributed by atoms with van der Waals surface area (Å²) in [5.41, 5.74) is 26.4. The van der Waals surface area contributed by atoms with Crippen molar-refractivity contribution < 1.29 is 0 Å². The largest absolute Gasteiger partial charge is 0.0836 e. The average Bonchev–Trinajstić information content (AvgIpc) is 1.50. The highest BCUT2D eigenvalue weighted by Gasteiger charge is 2.35. The fourth-order valence-electron chi connectivity index (χ4n) is 19.9. The van der Waals surface area contributed by atoms with Gasteiger partial charge < -0.3 is 0 Å². The lowest BCUT2D eigenvalue weighted by Gasteiger charge is -2.23. The summed E-state index contributed by atoms with van der Waals surface area (Å²) in [5.74, 6) is 0. The molecule has 0 amide bonds. The minimum Gasteiger partial charge on any atom is -0.0836 e. The van der Waals surface area contributed by atoms with Crippen LogP contribution in [0.15, 0.2) is 364 Å². The molecule has 22 aromatic carbocycles. The van der Waals surface area contributed by atoms with Crippen molar-refractivity contribution in [2.75, 3.05) is 0 Å². The molecule has 0 aliphatic heterocycles. The Morgan fingerprint density at radius 1 is 0.127 bits per heavy atom. The van der Waals surface area contributed by atoms with E-state index in [0.717, 1.165) is 54.2 Å². The Kier molecular flexibility index (Phi) is 13.2. The number of hydrogen-bond donors (Lipinski definition) is 0. The van der Waals surface area contributed by atoms with Gasteiger partial charge in [-0.1, -0.05) is 351 Å². The summed E-state index contributed by atoms with van der Waals surface area (Å²) >= 11 is 14.8. The molecule has 0 aromatic heterocycles. The summed E-state index contributed by atoms with van der Waals surface area (Å²) in [4.78, 5) is 0. The molecular formula is C108H60Cl2. The molecule has 0 N–H and O–H groups in total. The topological polar surface area (TPSA) is 0 Å². The minimum absolute atomic E-state index is 0.739. The molecule has 0 saturated heterocycles. The van der Waals surface area contributed by atoms with Crippen molar-refractivity contribution in [3.05, 3.63) is 374 Å². The van der Waals surface area contributed by atoms with E-state index in [0.29, 0.717) is 0 Å². The van der Waals surface area contributed by atoms with Gasteiger partial charge in [0.1, 0.15) is 0 Å². The molecule has 0 fully saturated rings. The van der Waals surface area contributed by atoms with Gasteiger partial charge in [0.15, 0.2) is 0 Å². The summed E-state index contributed by atoms with van der Waals surface area (Å²) in [6.07, 6.45) is 0. The molecule has 22 aromatic rings. The molecular weight excluding hydrogens is 1370 g/mol. The van der Waals surface area contributed by atoms with Crippen LogP contribution in [0.5, 0.6) is 0 Å². The third-order valence-corrected chi connectivity index (χ3v) is 25.2. The van der Waals surface area contributed by atoms with Gasteiger partial charge >= 0.3 is 0 Å². The minimum atomic E-state index is 0.739. The highest BCUT2D eigenvalue weighted by Crippen LogP contribution is 2.63. The van der Waals surface area contributed by atoms with Crippen LogP contribution in [-0.2, 0) is 0 Å². The molecule has 0 spiro atoms. The number of fused-ring (bicyclic) bond motifs is 22. The Hall–Kier alpha value is -13.5. The number of rotatable bonds is 7. The van der Waals surface area contributed by atoms with Crippen molar-refractivity contribution >= 4 is 152 Å². The zero-order valence-electron chi connectivity index (χ0n) is 59.4. The first-order valence-electron chi connectivity index (χ1n) is 38.0. The Labute approximate surface area is 644 Å². The molecule has 24 rings (SSSR count). The summed E-state index contributed by atoms with van der Waals surface area (Å²) in [6.45, 7) is 0. The SMILES string of the molecule is Clc1cc2ccc3c(ccc4c(-c5ccc(-c6ccc(-c7c8c(c(-c9ccccc9)c9c7ccc7c%10cc(-c%11cccc%12ccccc%11%12)c(Cl)cc%10ccc79)-c7cc9ccccc9c9cccc-8c79)cc6)cc5)c5c(c(-c6ccccc6)c43)-c3cccc4c3c-5cc3ccccc34)c2cc1-c1cccc2ccccc12. The zero-order valence-corrected chi connectivity index (χ0v) is 60.9. The van der Waals surface area contributed by atoms with Crippen molar-refractivity contribution in [3.63, 3.8) is 0 Å². The number of benzene rings is 22. The highest BCUT2D eigenvalue weighted by atomic mass is 35.5. The quantitative estimate of drug-likeness (QED) is 0.140. The molecule has 0 unspecified atom stereocenters. The van der Waals surface area contributed by atoms with E-state index in [4.69, 9.17) is 23.2 Å². The van der Waals surface area contributed by atoms with E-state index in [2.05, 4.69) is 364 Å². The van der Waals surface area contributed by atoms with Crippen LogP contribution in [0.1, 0.15) is 0 Å². The second kappa shape index (κ2) is 23.5. The van der Waals surface area contributed by atoms with E-state index >= 15 is 0 Å². The molecule has 0 heterocycles. The maximum atomic E-state index is 7.41. The number of halogens is 2. The molecule has 2 aliphatic carbocycles. The lowest BCUT2D eigenvalue weighted by molar-refractivity contribution is 1.59. The third-order valence-electron chi connectivity index (χ3n) is 24.6. The average molecular weight is 1430 g/mol. The standard InChI is InChI=1S/C108H60Cl2/c109-95-57-71-47-49-83-79(89(71)59-91(95)77-33-15-27-63-19-7-11-29-73(63)77)52-54-88-98(107-93-55-69-25-9-13-31-75(69)82-36-18-38-86(102(82)93)106(107)99(103(83)88)65-21-3-1-4-22-65)68-45-41-62(42-46-68)61-39-43-67(44-40-61)97-87-53-51-80-84(50-48-72-58-96(110)92(60-90(72)80)78-34-16-28-64-20-8-12-30-74(64)78)104(87)100(66-23-5-2-6-24-66)108-94-56-70-26-10-14-32-76(70)81-35-17-37-85(101(81)94)105(97)108/h1-60H. The summed E-state index contributed by atoms with van der Waals surface area (Å²) in [7, 11) is 0. The Bertz CT molecular complexity index is 7850. The molecule has 0 radical (unpaired) electrons. The van der Waals surface area contributed by atoms with Crippen LogP contribution >= 0.6 is 23.2 Å². The molecule has 506 valence electrons. The second-order valence-corrected chi connectivity index (χ2v) is 30.9. The van der Waals surface area contributed by atoms with Crippen molar-refractivity contribution in [3.8, 4) is 122 Å². The molecule has 0 nitrogen and oxygen atoms in total. The predicted molar refractivity (Wildman–Crippen MR) is 473 cm³/mol. The Balaban J connectivity index is 0.720. The van der Waals surface area contributed by atoms with Gasteiger partial charge in [0.05, 0.1) is 0 Å². The highest BCUT2D eigenvalue weighted by molar-refractivity contribution is 6.40. The van der Waals surface area contributed by atoms with Gasteiger partial charge in [0.2, 0.25) is 0 Å². The first kappa shape index (κ1) is 61.7. The monoisotopic (exact) mass is 1430 g/mol. The molecule has 2 aliphatic rings. The van der Waals surface area contributed by atoms with Crippen LogP contribution in [0.2, 0.25) is 10.0 Å². The maximum absolute atomic E-state index is 7.41. The van der Waals surface area contributed by atoms with Crippen LogP contribution in [0, 0.1) is 0 Å². The van der Waals surface area contributed by atoms with Crippen molar-refractivity contribution in [1.82, 2.24) is 0 Å². The maximum Gasteiger partial charge on any atom is 0.0491 e. The van der Waals surface area contributed by atoms with Gasteiger partial charge in [-0.3, -0.25) is 0 Å². The summed E-state index contributed by atoms with van der Waals surface area (Å²) in [6, 6.07) is 136. The van der Waals surface area contributed by atoms with Gasteiger partial charge in [-0.15, -0.1) is 0 Å². The number of hydrogen-bond acceptors (Lipinski definition) is 0. The van der Waals surface area contributed by atoms with Crippen molar-refractivity contribution in [1.29, 1.82) is 0 Å².